The molecule has 0 fully saturated rings. The lowest BCUT2D eigenvalue weighted by molar-refractivity contribution is 0.103. The molecule has 0 saturated carbocycles. The highest BCUT2D eigenvalue weighted by Crippen LogP contribution is 2.30. The molecule has 0 aliphatic carbocycles. The highest BCUT2D eigenvalue weighted by Gasteiger charge is 2.20. The molecule has 20 heavy (non-hydrogen) atoms. The summed E-state index contributed by atoms with van der Waals surface area (Å²) in [5, 5.41) is -0.141. The summed E-state index contributed by atoms with van der Waals surface area (Å²) in [6.45, 7) is 0. The molecule has 0 aliphatic rings. The van der Waals surface area contributed by atoms with Gasteiger partial charge < -0.3 is 10.5 Å². The van der Waals surface area contributed by atoms with Crippen molar-refractivity contribution in [2.75, 3.05) is 12.8 Å². The van der Waals surface area contributed by atoms with Crippen LogP contribution in [0.25, 0.3) is 0 Å². The predicted molar refractivity (Wildman–Crippen MR) is 79.9 cm³/mol. The molecule has 0 aliphatic heterocycles. The average Bonchev–Trinajstić information content (AvgIpc) is 2.45. The average molecular weight is 359 g/mol. The number of carbonyl (C=O) groups excluding carboxylic acids is 1. The molecular weight excluding hydrogens is 349 g/mol. The van der Waals surface area contributed by atoms with Gasteiger partial charge in [0.1, 0.15) is 5.75 Å². The second-order valence-corrected chi connectivity index (χ2v) is 5.24. The third-order valence-electron chi connectivity index (χ3n) is 2.78. The van der Waals surface area contributed by atoms with Crippen molar-refractivity contribution in [3.05, 3.63) is 56.8 Å². The van der Waals surface area contributed by atoms with Crippen LogP contribution in [0.4, 0.5) is 10.1 Å². The van der Waals surface area contributed by atoms with Crippen LogP contribution in [0.3, 0.4) is 0 Å². The van der Waals surface area contributed by atoms with Gasteiger partial charge in [-0.3, -0.25) is 4.79 Å². The summed E-state index contributed by atoms with van der Waals surface area (Å²) in [5.74, 6) is -0.868. The molecule has 0 atom stereocenters. The van der Waals surface area contributed by atoms with Gasteiger partial charge in [-0.05, 0) is 46.3 Å². The van der Waals surface area contributed by atoms with Crippen molar-refractivity contribution < 1.29 is 13.9 Å². The maximum atomic E-state index is 14.1. The Bertz CT molecular complexity index is 691. The van der Waals surface area contributed by atoms with Crippen LogP contribution in [0.15, 0.2) is 34.8 Å². The minimum Gasteiger partial charge on any atom is -0.497 e. The van der Waals surface area contributed by atoms with E-state index in [1.54, 1.807) is 6.07 Å². The summed E-state index contributed by atoms with van der Waals surface area (Å²) < 4.78 is 19.5. The van der Waals surface area contributed by atoms with E-state index in [2.05, 4.69) is 15.9 Å². The molecule has 2 rings (SSSR count). The molecule has 6 heteroatoms. The van der Waals surface area contributed by atoms with Gasteiger partial charge in [0.05, 0.1) is 17.7 Å². The van der Waals surface area contributed by atoms with Crippen LogP contribution in [0.5, 0.6) is 5.75 Å². The van der Waals surface area contributed by atoms with Gasteiger partial charge in [0, 0.05) is 15.7 Å². The highest BCUT2D eigenvalue weighted by molar-refractivity contribution is 9.10. The van der Waals surface area contributed by atoms with Crippen LogP contribution in [-0.2, 0) is 0 Å². The lowest BCUT2D eigenvalue weighted by Gasteiger charge is -2.09. The van der Waals surface area contributed by atoms with Gasteiger partial charge in [-0.1, -0.05) is 11.6 Å². The molecule has 0 heterocycles. The van der Waals surface area contributed by atoms with E-state index in [9.17, 15) is 9.18 Å². The Kier molecular flexibility index (Phi) is 4.30. The van der Waals surface area contributed by atoms with Crippen molar-refractivity contribution in [1.29, 1.82) is 0 Å². The van der Waals surface area contributed by atoms with Gasteiger partial charge in [0.15, 0.2) is 11.6 Å². The minimum atomic E-state index is -0.784. The Morgan fingerprint density at radius 2 is 2.00 bits per heavy atom. The van der Waals surface area contributed by atoms with E-state index in [0.717, 1.165) is 0 Å². The fourth-order valence-corrected chi connectivity index (χ4v) is 2.18. The number of rotatable bonds is 3. The largest absolute Gasteiger partial charge is 0.497 e. The molecule has 0 saturated heterocycles. The first-order valence-electron chi connectivity index (χ1n) is 5.57. The summed E-state index contributed by atoms with van der Waals surface area (Å²) in [4.78, 5) is 12.4. The maximum Gasteiger partial charge on any atom is 0.198 e. The molecule has 2 N–H and O–H groups in total. The fraction of sp³-hybridized carbons (Fsp3) is 0.0714. The van der Waals surface area contributed by atoms with E-state index in [-0.39, 0.29) is 21.8 Å². The zero-order valence-electron chi connectivity index (χ0n) is 10.4. The van der Waals surface area contributed by atoms with Crippen LogP contribution in [0.2, 0.25) is 5.02 Å². The van der Waals surface area contributed by atoms with Gasteiger partial charge in [-0.25, -0.2) is 4.39 Å². The Labute approximate surface area is 128 Å². The van der Waals surface area contributed by atoms with Crippen molar-refractivity contribution in [2.45, 2.75) is 0 Å². The number of methoxy groups -OCH3 is 1. The van der Waals surface area contributed by atoms with Gasteiger partial charge in [-0.15, -0.1) is 0 Å². The first-order valence-corrected chi connectivity index (χ1v) is 6.74. The normalized spacial score (nSPS) is 10.4. The molecule has 3 nitrogen and oxygen atoms in total. The highest BCUT2D eigenvalue weighted by atomic mass is 79.9. The predicted octanol–water partition coefficient (Wildman–Crippen LogP) is 4.06. The molecule has 2 aromatic carbocycles. The van der Waals surface area contributed by atoms with E-state index in [4.69, 9.17) is 22.1 Å². The standard InChI is InChI=1S/C14H10BrClFNO2/c1-20-7-2-5-11(18)9(6-7)14(19)8-3-4-10(15)12(16)13(8)17/h2-6H,18H2,1H3. The molecule has 0 unspecified atom stereocenters. The van der Waals surface area contributed by atoms with Gasteiger partial charge in [-0.2, -0.15) is 0 Å². The molecule has 0 amide bonds. The number of nitrogens with two attached hydrogens (primary N) is 1. The van der Waals surface area contributed by atoms with Crippen LogP contribution in [0, 0.1) is 5.82 Å². The Morgan fingerprint density at radius 1 is 1.30 bits per heavy atom. The zero-order valence-corrected chi connectivity index (χ0v) is 12.8. The number of ketones is 1. The van der Waals surface area contributed by atoms with Crippen LogP contribution in [-0.4, -0.2) is 12.9 Å². The lowest BCUT2D eigenvalue weighted by atomic mass is 10.0. The maximum absolute atomic E-state index is 14.1. The summed E-state index contributed by atoms with van der Waals surface area (Å²) in [5.41, 5.74) is 6.03. The number of hydrogen-bond acceptors (Lipinski definition) is 3. The van der Waals surface area contributed by atoms with Crippen molar-refractivity contribution in [3.63, 3.8) is 0 Å². The van der Waals surface area contributed by atoms with Gasteiger partial charge in [0.25, 0.3) is 0 Å². The molecular formula is C14H10BrClFNO2. The Balaban J connectivity index is 2.54. The number of halogens is 3. The summed E-state index contributed by atoms with van der Waals surface area (Å²) in [6.07, 6.45) is 0. The number of carbonyl (C=O) groups is 1. The molecule has 2 aromatic rings. The van der Waals surface area contributed by atoms with Crippen molar-refractivity contribution in [2.24, 2.45) is 0 Å². The number of hydrogen-bond donors (Lipinski definition) is 1. The molecule has 0 radical (unpaired) electrons. The van der Waals surface area contributed by atoms with E-state index >= 15 is 0 Å². The minimum absolute atomic E-state index is 0.141. The SMILES string of the molecule is COc1ccc(N)c(C(=O)c2ccc(Br)c(Cl)c2F)c1. The number of nitrogen functional groups attached to an aromatic ring is 1. The van der Waals surface area contributed by atoms with E-state index in [1.807, 2.05) is 0 Å². The quantitative estimate of drug-likeness (QED) is 0.511. The molecule has 104 valence electrons. The van der Waals surface area contributed by atoms with Crippen molar-refractivity contribution >= 4 is 39.0 Å². The van der Waals surface area contributed by atoms with Crippen molar-refractivity contribution in [1.82, 2.24) is 0 Å². The second kappa shape index (κ2) is 5.81. The first-order chi connectivity index (χ1) is 9.45. The summed E-state index contributed by atoms with van der Waals surface area (Å²) in [6, 6.07) is 7.48. The van der Waals surface area contributed by atoms with Gasteiger partial charge in [0.2, 0.25) is 0 Å². The van der Waals surface area contributed by atoms with Crippen LogP contribution >= 0.6 is 27.5 Å². The second-order valence-electron chi connectivity index (χ2n) is 4.01. The number of anilines is 1. The molecule has 0 aromatic heterocycles. The van der Waals surface area contributed by atoms with Crippen LogP contribution in [0.1, 0.15) is 15.9 Å². The van der Waals surface area contributed by atoms with E-state index in [1.165, 1.54) is 31.4 Å². The first kappa shape index (κ1) is 14.8. The topological polar surface area (TPSA) is 52.3 Å². The monoisotopic (exact) mass is 357 g/mol. The molecule has 0 spiro atoms. The zero-order chi connectivity index (χ0) is 14.9. The smallest absolute Gasteiger partial charge is 0.198 e. The lowest BCUT2D eigenvalue weighted by Crippen LogP contribution is -2.08. The number of ether oxygens (including phenoxy) is 1. The Morgan fingerprint density at radius 3 is 2.65 bits per heavy atom. The fourth-order valence-electron chi connectivity index (χ4n) is 1.71. The molecule has 0 bridgehead atoms. The third kappa shape index (κ3) is 2.64. The van der Waals surface area contributed by atoms with Crippen LogP contribution < -0.4 is 10.5 Å². The van der Waals surface area contributed by atoms with Crippen molar-refractivity contribution in [3.8, 4) is 5.75 Å². The Hall–Kier alpha value is -1.59. The summed E-state index contributed by atoms with van der Waals surface area (Å²) >= 11 is 8.88. The third-order valence-corrected chi connectivity index (χ3v) is 4.04. The van der Waals surface area contributed by atoms with E-state index < -0.39 is 11.6 Å². The summed E-state index contributed by atoms with van der Waals surface area (Å²) in [7, 11) is 1.47. The van der Waals surface area contributed by atoms with Gasteiger partial charge >= 0.3 is 0 Å². The van der Waals surface area contributed by atoms with E-state index in [0.29, 0.717) is 10.2 Å². The number of benzene rings is 2.